The zero-order chi connectivity index (χ0) is 13.7. The topological polar surface area (TPSA) is 38.7 Å². The second-order valence-corrected chi connectivity index (χ2v) is 4.28. The van der Waals surface area contributed by atoms with Crippen LogP contribution in [0.3, 0.4) is 0 Å². The molecule has 0 heterocycles. The monoisotopic (exact) mass is 258 g/mol. The molecule has 1 atom stereocenters. The van der Waals surface area contributed by atoms with E-state index in [2.05, 4.69) is 0 Å². The summed E-state index contributed by atoms with van der Waals surface area (Å²) in [7, 11) is 3.20. The molecule has 0 saturated carbocycles. The van der Waals surface area contributed by atoms with Gasteiger partial charge in [0.15, 0.2) is 6.29 Å². The first-order valence-electron chi connectivity index (χ1n) is 6.14. The molecule has 0 saturated heterocycles. The van der Waals surface area contributed by atoms with Gasteiger partial charge in [0.25, 0.3) is 0 Å². The number of benzene rings is 2. The minimum absolute atomic E-state index is 0.372. The van der Waals surface area contributed by atoms with Gasteiger partial charge in [0.1, 0.15) is 6.10 Å². The fourth-order valence-electron chi connectivity index (χ4n) is 2.03. The van der Waals surface area contributed by atoms with Crippen LogP contribution in [0.2, 0.25) is 0 Å². The first-order valence-corrected chi connectivity index (χ1v) is 6.14. The summed E-state index contributed by atoms with van der Waals surface area (Å²) in [6.45, 7) is 0. The molecule has 1 unspecified atom stereocenters. The normalized spacial score (nSPS) is 12.6. The lowest BCUT2D eigenvalue weighted by Crippen LogP contribution is -2.04. The van der Waals surface area contributed by atoms with Crippen LogP contribution < -0.4 is 0 Å². The Morgan fingerprint density at radius 3 is 1.74 bits per heavy atom. The van der Waals surface area contributed by atoms with Crippen molar-refractivity contribution in [2.75, 3.05) is 14.2 Å². The van der Waals surface area contributed by atoms with Crippen LogP contribution in [0.4, 0.5) is 0 Å². The average Bonchev–Trinajstić information content (AvgIpc) is 2.49. The van der Waals surface area contributed by atoms with E-state index >= 15 is 0 Å². The van der Waals surface area contributed by atoms with E-state index in [9.17, 15) is 5.11 Å². The van der Waals surface area contributed by atoms with Gasteiger partial charge in [0.2, 0.25) is 0 Å². The number of aliphatic hydroxyl groups excluding tert-OH is 1. The molecule has 0 aromatic heterocycles. The van der Waals surface area contributed by atoms with Crippen LogP contribution in [-0.4, -0.2) is 19.3 Å². The molecule has 0 fully saturated rings. The maximum absolute atomic E-state index is 10.3. The van der Waals surface area contributed by atoms with E-state index in [0.29, 0.717) is 0 Å². The predicted octanol–water partition coefficient (Wildman–Crippen LogP) is 3.06. The lowest BCUT2D eigenvalue weighted by molar-refractivity contribution is -0.106. The Balaban J connectivity index is 2.19. The molecule has 2 aromatic carbocycles. The number of ether oxygens (including phenoxy) is 2. The molecule has 2 aromatic rings. The highest BCUT2D eigenvalue weighted by atomic mass is 16.7. The molecule has 19 heavy (non-hydrogen) atoms. The SMILES string of the molecule is COC(OC)c1ccc(C(O)c2ccccc2)cc1. The van der Waals surface area contributed by atoms with Gasteiger partial charge in [0.05, 0.1) is 0 Å². The summed E-state index contributed by atoms with van der Waals surface area (Å²) in [5.74, 6) is 0. The molecular weight excluding hydrogens is 240 g/mol. The number of hydrogen-bond donors (Lipinski definition) is 1. The van der Waals surface area contributed by atoms with Gasteiger partial charge in [-0.25, -0.2) is 0 Å². The Morgan fingerprint density at radius 2 is 1.21 bits per heavy atom. The van der Waals surface area contributed by atoms with Crippen molar-refractivity contribution in [3.8, 4) is 0 Å². The van der Waals surface area contributed by atoms with Crippen molar-refractivity contribution in [2.45, 2.75) is 12.4 Å². The standard InChI is InChI=1S/C16H18O3/c1-18-16(19-2)14-10-8-13(9-11-14)15(17)12-6-4-3-5-7-12/h3-11,15-17H,1-2H3. The zero-order valence-electron chi connectivity index (χ0n) is 11.1. The van der Waals surface area contributed by atoms with Gasteiger partial charge in [-0.15, -0.1) is 0 Å². The molecule has 3 nitrogen and oxygen atoms in total. The van der Waals surface area contributed by atoms with Gasteiger partial charge in [-0.3, -0.25) is 0 Å². The van der Waals surface area contributed by atoms with Crippen LogP contribution in [-0.2, 0) is 9.47 Å². The van der Waals surface area contributed by atoms with Gasteiger partial charge in [-0.2, -0.15) is 0 Å². The molecule has 100 valence electrons. The molecule has 0 aliphatic heterocycles. The van der Waals surface area contributed by atoms with Crippen molar-refractivity contribution in [2.24, 2.45) is 0 Å². The Hall–Kier alpha value is -1.68. The van der Waals surface area contributed by atoms with Crippen molar-refractivity contribution in [1.82, 2.24) is 0 Å². The minimum atomic E-state index is -0.612. The zero-order valence-corrected chi connectivity index (χ0v) is 11.1. The maximum Gasteiger partial charge on any atom is 0.183 e. The smallest absolute Gasteiger partial charge is 0.183 e. The van der Waals surface area contributed by atoms with E-state index in [1.165, 1.54) is 0 Å². The summed E-state index contributed by atoms with van der Waals surface area (Å²) >= 11 is 0. The third-order valence-corrected chi connectivity index (χ3v) is 3.07. The third-order valence-electron chi connectivity index (χ3n) is 3.07. The Bertz CT molecular complexity index is 489. The lowest BCUT2D eigenvalue weighted by atomic mass is 10.0. The van der Waals surface area contributed by atoms with Crippen LogP contribution in [0.25, 0.3) is 0 Å². The molecule has 0 spiro atoms. The summed E-state index contributed by atoms with van der Waals surface area (Å²) in [6.07, 6.45) is -0.985. The Kier molecular flexibility index (Phi) is 4.68. The first-order chi connectivity index (χ1) is 9.26. The summed E-state index contributed by atoms with van der Waals surface area (Å²) < 4.78 is 10.4. The predicted molar refractivity (Wildman–Crippen MR) is 73.7 cm³/mol. The van der Waals surface area contributed by atoms with Crippen molar-refractivity contribution in [3.05, 3.63) is 71.3 Å². The van der Waals surface area contributed by atoms with Crippen molar-refractivity contribution in [3.63, 3.8) is 0 Å². The molecule has 3 heteroatoms. The molecule has 0 aliphatic carbocycles. The number of methoxy groups -OCH3 is 2. The summed E-state index contributed by atoms with van der Waals surface area (Å²) in [6, 6.07) is 17.2. The highest BCUT2D eigenvalue weighted by Crippen LogP contribution is 2.24. The second-order valence-electron chi connectivity index (χ2n) is 4.28. The highest BCUT2D eigenvalue weighted by molar-refractivity contribution is 5.32. The Morgan fingerprint density at radius 1 is 0.737 bits per heavy atom. The van der Waals surface area contributed by atoms with Crippen molar-refractivity contribution >= 4 is 0 Å². The van der Waals surface area contributed by atoms with Crippen LogP contribution >= 0.6 is 0 Å². The summed E-state index contributed by atoms with van der Waals surface area (Å²) in [4.78, 5) is 0. The maximum atomic E-state index is 10.3. The van der Waals surface area contributed by atoms with Crippen molar-refractivity contribution < 1.29 is 14.6 Å². The molecule has 0 bridgehead atoms. The fraction of sp³-hybridized carbons (Fsp3) is 0.250. The molecule has 0 aliphatic rings. The summed E-state index contributed by atoms with van der Waals surface area (Å²) in [5.41, 5.74) is 2.65. The quantitative estimate of drug-likeness (QED) is 0.838. The van der Waals surface area contributed by atoms with Gasteiger partial charge in [0, 0.05) is 19.8 Å². The van der Waals surface area contributed by atoms with E-state index in [0.717, 1.165) is 16.7 Å². The minimum Gasteiger partial charge on any atom is -0.384 e. The van der Waals surface area contributed by atoms with Gasteiger partial charge in [-0.1, -0.05) is 54.6 Å². The van der Waals surface area contributed by atoms with Gasteiger partial charge < -0.3 is 14.6 Å². The van der Waals surface area contributed by atoms with Crippen LogP contribution in [0.1, 0.15) is 29.1 Å². The molecule has 2 rings (SSSR count). The molecular formula is C16H18O3. The average molecular weight is 258 g/mol. The highest BCUT2D eigenvalue weighted by Gasteiger charge is 2.12. The van der Waals surface area contributed by atoms with E-state index in [-0.39, 0.29) is 6.29 Å². The number of aliphatic hydroxyl groups is 1. The second kappa shape index (κ2) is 6.48. The van der Waals surface area contributed by atoms with E-state index < -0.39 is 6.10 Å². The largest absolute Gasteiger partial charge is 0.384 e. The van der Waals surface area contributed by atoms with E-state index in [1.54, 1.807) is 14.2 Å². The molecule has 0 amide bonds. The fourth-order valence-corrected chi connectivity index (χ4v) is 2.03. The Labute approximate surface area is 113 Å². The van der Waals surface area contributed by atoms with Crippen LogP contribution in [0, 0.1) is 0 Å². The van der Waals surface area contributed by atoms with E-state index in [1.807, 2.05) is 54.6 Å². The van der Waals surface area contributed by atoms with E-state index in [4.69, 9.17) is 9.47 Å². The van der Waals surface area contributed by atoms with Crippen LogP contribution in [0.15, 0.2) is 54.6 Å². The number of hydrogen-bond acceptors (Lipinski definition) is 3. The lowest BCUT2D eigenvalue weighted by Gasteiger charge is -2.16. The molecule has 0 radical (unpaired) electrons. The summed E-state index contributed by atoms with van der Waals surface area (Å²) in [5, 5.41) is 10.3. The number of rotatable bonds is 5. The van der Waals surface area contributed by atoms with Gasteiger partial charge >= 0.3 is 0 Å². The van der Waals surface area contributed by atoms with Gasteiger partial charge in [-0.05, 0) is 11.1 Å². The molecule has 1 N–H and O–H groups in total. The van der Waals surface area contributed by atoms with Crippen LogP contribution in [0.5, 0.6) is 0 Å². The third kappa shape index (κ3) is 3.20. The first kappa shape index (κ1) is 13.7. The van der Waals surface area contributed by atoms with Crippen molar-refractivity contribution in [1.29, 1.82) is 0 Å².